The molecule has 0 aromatic carbocycles. The van der Waals surface area contributed by atoms with Gasteiger partial charge in [-0.25, -0.2) is 23.2 Å². The number of likely N-dealkylation sites (tertiary alicyclic amines) is 1. The number of amides is 1. The normalized spacial score (nSPS) is 23.7. The van der Waals surface area contributed by atoms with E-state index >= 15 is 0 Å². The predicted octanol–water partition coefficient (Wildman–Crippen LogP) is 1.40. The van der Waals surface area contributed by atoms with E-state index in [4.69, 9.17) is 14.5 Å². The minimum atomic E-state index is -3.20. The van der Waals surface area contributed by atoms with Crippen LogP contribution in [0.25, 0.3) is 0 Å². The molecule has 1 aromatic heterocycles. The molecule has 0 N–H and O–H groups in total. The third-order valence-corrected chi connectivity index (χ3v) is 8.46. The molecular weight excluding hydrogens is 446 g/mol. The zero-order chi connectivity index (χ0) is 23.2. The number of anilines is 1. The van der Waals surface area contributed by atoms with Crippen LogP contribution in [0.3, 0.4) is 0 Å². The van der Waals surface area contributed by atoms with Crippen LogP contribution in [0.15, 0.2) is 6.20 Å². The number of piperidine rings is 1. The molecule has 3 aliphatic heterocycles. The largest absolute Gasteiger partial charge is 0.443 e. The van der Waals surface area contributed by atoms with Gasteiger partial charge in [0.15, 0.2) is 0 Å². The third-order valence-electron chi connectivity index (χ3n) is 7.21. The minimum absolute atomic E-state index is 0.109. The average Bonchev–Trinajstić information content (AvgIpc) is 3.48. The number of rotatable bonds is 6. The Morgan fingerprint density at radius 3 is 2.61 bits per heavy atom. The number of hydrogen-bond acceptors (Lipinski definition) is 8. The van der Waals surface area contributed by atoms with E-state index in [9.17, 15) is 13.2 Å². The van der Waals surface area contributed by atoms with Crippen molar-refractivity contribution in [3.63, 3.8) is 0 Å². The van der Waals surface area contributed by atoms with Crippen LogP contribution in [0.4, 0.5) is 10.7 Å². The fourth-order valence-corrected chi connectivity index (χ4v) is 5.33. The Kier molecular flexibility index (Phi) is 5.98. The van der Waals surface area contributed by atoms with Crippen molar-refractivity contribution >= 4 is 22.1 Å². The summed E-state index contributed by atoms with van der Waals surface area (Å²) in [5, 5.41) is 0. The number of hydrogen-bond donors (Lipinski definition) is 0. The molecule has 0 spiro atoms. The van der Waals surface area contributed by atoms with Gasteiger partial charge in [0.1, 0.15) is 5.60 Å². The molecule has 1 aliphatic carbocycles. The first-order valence-corrected chi connectivity index (χ1v) is 13.7. The van der Waals surface area contributed by atoms with E-state index in [0.29, 0.717) is 45.1 Å². The SMILES string of the molecule is CC1(OC(=O)N2CC(OCC3CCN(c4ncc5c(n4)CCN(S(C)(=O)=O)C5)CC3)C2)CC1. The summed E-state index contributed by atoms with van der Waals surface area (Å²) in [5.74, 6) is 1.23. The van der Waals surface area contributed by atoms with Crippen LogP contribution in [0.2, 0.25) is 0 Å². The first kappa shape index (κ1) is 22.8. The highest BCUT2D eigenvalue weighted by Gasteiger charge is 2.44. The second kappa shape index (κ2) is 8.66. The monoisotopic (exact) mass is 479 g/mol. The second-order valence-electron chi connectivity index (χ2n) is 10.1. The van der Waals surface area contributed by atoms with Gasteiger partial charge in [-0.05, 0) is 38.5 Å². The minimum Gasteiger partial charge on any atom is -0.443 e. The average molecular weight is 480 g/mol. The maximum atomic E-state index is 12.1. The summed E-state index contributed by atoms with van der Waals surface area (Å²) in [6, 6.07) is 0. The molecule has 4 aliphatic rings. The Labute approximate surface area is 195 Å². The summed E-state index contributed by atoms with van der Waals surface area (Å²) < 4.78 is 36.6. The van der Waals surface area contributed by atoms with Crippen LogP contribution in [-0.2, 0) is 32.5 Å². The van der Waals surface area contributed by atoms with Crippen molar-refractivity contribution < 1.29 is 22.7 Å². The number of fused-ring (bicyclic) bond motifs is 1. The van der Waals surface area contributed by atoms with Gasteiger partial charge < -0.3 is 19.3 Å². The number of ether oxygens (including phenoxy) is 2. The van der Waals surface area contributed by atoms with Crippen molar-refractivity contribution in [2.75, 3.05) is 50.5 Å². The Morgan fingerprint density at radius 1 is 1.21 bits per heavy atom. The summed E-state index contributed by atoms with van der Waals surface area (Å²) >= 11 is 0. The first-order valence-electron chi connectivity index (χ1n) is 11.8. The van der Waals surface area contributed by atoms with E-state index in [0.717, 1.165) is 56.0 Å². The molecule has 4 heterocycles. The molecule has 11 heteroatoms. The highest BCUT2D eigenvalue weighted by Crippen LogP contribution is 2.39. The summed E-state index contributed by atoms with van der Waals surface area (Å²) in [6.45, 7) is 6.51. The lowest BCUT2D eigenvalue weighted by molar-refractivity contribution is -0.0677. The van der Waals surface area contributed by atoms with Crippen LogP contribution < -0.4 is 4.90 Å². The van der Waals surface area contributed by atoms with Gasteiger partial charge in [-0.15, -0.1) is 0 Å². The number of nitrogens with zero attached hydrogens (tertiary/aromatic N) is 5. The van der Waals surface area contributed by atoms with Crippen molar-refractivity contribution in [1.29, 1.82) is 0 Å². The molecule has 10 nitrogen and oxygen atoms in total. The molecular formula is C22H33N5O5S. The van der Waals surface area contributed by atoms with Gasteiger partial charge in [0.05, 0.1) is 37.8 Å². The Hall–Kier alpha value is -1.98. The molecule has 1 saturated carbocycles. The topological polar surface area (TPSA) is 105 Å². The molecule has 0 unspecified atom stereocenters. The third kappa shape index (κ3) is 5.25. The van der Waals surface area contributed by atoms with E-state index in [2.05, 4.69) is 9.88 Å². The van der Waals surface area contributed by atoms with Crippen LogP contribution in [0.1, 0.15) is 43.9 Å². The molecule has 5 rings (SSSR count). The number of carbonyl (C=O) groups is 1. The molecule has 182 valence electrons. The maximum Gasteiger partial charge on any atom is 0.410 e. The zero-order valence-electron chi connectivity index (χ0n) is 19.4. The number of sulfonamides is 1. The Bertz CT molecular complexity index is 1000. The molecule has 2 saturated heterocycles. The first-order chi connectivity index (χ1) is 15.7. The Balaban J connectivity index is 1.04. The molecule has 33 heavy (non-hydrogen) atoms. The summed E-state index contributed by atoms with van der Waals surface area (Å²) in [4.78, 5) is 25.2. The van der Waals surface area contributed by atoms with Crippen LogP contribution in [0, 0.1) is 5.92 Å². The van der Waals surface area contributed by atoms with Crippen LogP contribution in [0.5, 0.6) is 0 Å². The smallest absolute Gasteiger partial charge is 0.410 e. The van der Waals surface area contributed by atoms with Gasteiger partial charge >= 0.3 is 6.09 Å². The standard InChI is InChI=1S/C22H33N5O5S/c1-22(6-7-22)32-21(28)26-13-18(14-26)31-15-16-3-8-25(9-4-16)20-23-11-17-12-27(33(2,29)30)10-5-19(17)24-20/h11,16,18H,3-10,12-15H2,1-2H3. The fraction of sp³-hybridized carbons (Fsp3) is 0.773. The molecule has 0 radical (unpaired) electrons. The van der Waals surface area contributed by atoms with Gasteiger partial charge in [-0.1, -0.05) is 0 Å². The second-order valence-corrected chi connectivity index (χ2v) is 12.1. The van der Waals surface area contributed by atoms with E-state index < -0.39 is 10.0 Å². The summed E-state index contributed by atoms with van der Waals surface area (Å²) in [6.07, 6.45) is 7.49. The molecule has 0 bridgehead atoms. The fourth-order valence-electron chi connectivity index (χ4n) is 4.53. The molecule has 1 amide bonds. The van der Waals surface area contributed by atoms with Gasteiger partial charge in [0, 0.05) is 44.4 Å². The van der Waals surface area contributed by atoms with E-state index in [-0.39, 0.29) is 17.8 Å². The van der Waals surface area contributed by atoms with E-state index in [1.807, 2.05) is 6.92 Å². The van der Waals surface area contributed by atoms with Crippen molar-refractivity contribution in [3.05, 3.63) is 17.5 Å². The maximum absolute atomic E-state index is 12.1. The van der Waals surface area contributed by atoms with Crippen LogP contribution in [-0.4, -0.2) is 91.0 Å². The van der Waals surface area contributed by atoms with Gasteiger partial charge in [-0.2, -0.15) is 4.31 Å². The highest BCUT2D eigenvalue weighted by atomic mass is 32.2. The lowest BCUT2D eigenvalue weighted by atomic mass is 9.98. The summed E-state index contributed by atoms with van der Waals surface area (Å²) in [5.41, 5.74) is 1.62. The zero-order valence-corrected chi connectivity index (χ0v) is 20.2. The quantitative estimate of drug-likeness (QED) is 0.603. The number of aromatic nitrogens is 2. The van der Waals surface area contributed by atoms with Crippen LogP contribution >= 0.6 is 0 Å². The number of carbonyl (C=O) groups excluding carboxylic acids is 1. The lowest BCUT2D eigenvalue weighted by Crippen LogP contribution is -2.55. The molecule has 0 atom stereocenters. The van der Waals surface area contributed by atoms with Gasteiger partial charge in [-0.3, -0.25) is 0 Å². The summed E-state index contributed by atoms with van der Waals surface area (Å²) in [7, 11) is -3.20. The van der Waals surface area contributed by atoms with Crippen molar-refractivity contribution in [2.45, 2.75) is 57.3 Å². The van der Waals surface area contributed by atoms with Gasteiger partial charge in [0.25, 0.3) is 0 Å². The van der Waals surface area contributed by atoms with Crippen molar-refractivity contribution in [3.8, 4) is 0 Å². The lowest BCUT2D eigenvalue weighted by Gasteiger charge is -2.40. The van der Waals surface area contributed by atoms with Crippen molar-refractivity contribution in [2.24, 2.45) is 5.92 Å². The Morgan fingerprint density at radius 2 is 1.94 bits per heavy atom. The van der Waals surface area contributed by atoms with Crippen molar-refractivity contribution in [1.82, 2.24) is 19.2 Å². The molecule has 3 fully saturated rings. The van der Waals surface area contributed by atoms with E-state index in [1.54, 1.807) is 11.1 Å². The van der Waals surface area contributed by atoms with E-state index in [1.165, 1.54) is 10.6 Å². The highest BCUT2D eigenvalue weighted by molar-refractivity contribution is 7.88. The molecule has 1 aromatic rings. The predicted molar refractivity (Wildman–Crippen MR) is 121 cm³/mol. The van der Waals surface area contributed by atoms with Gasteiger partial charge in [0.2, 0.25) is 16.0 Å².